The quantitative estimate of drug-likeness (QED) is 0.882. The van der Waals surface area contributed by atoms with E-state index < -0.39 is 0 Å². The molecule has 0 aromatic heterocycles. The first-order chi connectivity index (χ1) is 7.35. The molecular formula is C13H19ClO2. The normalized spacial score (nSPS) is 11.7. The summed E-state index contributed by atoms with van der Waals surface area (Å²) in [6, 6.07) is 1.90. The van der Waals surface area contributed by atoms with E-state index in [0.717, 1.165) is 27.5 Å². The summed E-state index contributed by atoms with van der Waals surface area (Å²) in [6.45, 7) is 7.93. The van der Waals surface area contributed by atoms with Crippen molar-refractivity contribution in [2.75, 3.05) is 13.7 Å². The zero-order chi connectivity index (χ0) is 12.5. The number of benzene rings is 1. The summed E-state index contributed by atoms with van der Waals surface area (Å²) >= 11 is 6.17. The van der Waals surface area contributed by atoms with E-state index in [1.54, 1.807) is 7.11 Å². The summed E-state index contributed by atoms with van der Waals surface area (Å²) in [5.41, 5.74) is 2.60. The molecule has 0 fully saturated rings. The van der Waals surface area contributed by atoms with Crippen LogP contribution in [-0.4, -0.2) is 18.8 Å². The summed E-state index contributed by atoms with van der Waals surface area (Å²) in [4.78, 5) is 0. The maximum absolute atomic E-state index is 9.48. The minimum absolute atomic E-state index is 0.0595. The van der Waals surface area contributed by atoms with Crippen LogP contribution >= 0.6 is 11.6 Å². The fraction of sp³-hybridized carbons (Fsp3) is 0.538. The van der Waals surface area contributed by atoms with Gasteiger partial charge in [-0.1, -0.05) is 25.4 Å². The molecule has 0 saturated heterocycles. The van der Waals surface area contributed by atoms with E-state index in [2.05, 4.69) is 0 Å². The molecule has 1 aromatic rings. The van der Waals surface area contributed by atoms with E-state index in [9.17, 15) is 5.11 Å². The van der Waals surface area contributed by atoms with Gasteiger partial charge in [-0.15, -0.1) is 0 Å². The Morgan fingerprint density at radius 2 is 1.94 bits per heavy atom. The van der Waals surface area contributed by atoms with Gasteiger partial charge in [-0.2, -0.15) is 0 Å². The fourth-order valence-electron chi connectivity index (χ4n) is 2.01. The lowest BCUT2D eigenvalue weighted by molar-refractivity contribution is 0.214. The first-order valence-corrected chi connectivity index (χ1v) is 5.68. The van der Waals surface area contributed by atoms with E-state index in [4.69, 9.17) is 16.3 Å². The van der Waals surface area contributed by atoms with Gasteiger partial charge in [0.1, 0.15) is 5.75 Å². The summed E-state index contributed by atoms with van der Waals surface area (Å²) in [7, 11) is 1.65. The molecule has 0 bridgehead atoms. The number of aryl methyl sites for hydroxylation is 1. The number of ether oxygens (including phenoxy) is 1. The largest absolute Gasteiger partial charge is 0.496 e. The van der Waals surface area contributed by atoms with Crippen molar-refractivity contribution in [3.63, 3.8) is 0 Å². The Morgan fingerprint density at radius 1 is 1.38 bits per heavy atom. The molecule has 0 amide bonds. The molecule has 1 rings (SSSR count). The molecule has 16 heavy (non-hydrogen) atoms. The molecule has 1 aromatic carbocycles. The van der Waals surface area contributed by atoms with Gasteiger partial charge < -0.3 is 9.84 Å². The molecule has 0 heterocycles. The highest BCUT2D eigenvalue weighted by Gasteiger charge is 2.27. The highest BCUT2D eigenvalue weighted by atomic mass is 35.5. The zero-order valence-corrected chi connectivity index (χ0v) is 11.3. The molecule has 0 unspecified atom stereocenters. The van der Waals surface area contributed by atoms with Crippen molar-refractivity contribution in [3.05, 3.63) is 27.8 Å². The second-order valence-electron chi connectivity index (χ2n) is 4.75. The standard InChI is InChI=1S/C13H19ClO2/c1-8-6-10(14)9(2)11(12(8)16-5)13(3,4)7-15/h6,15H,7H2,1-5H3. The minimum atomic E-state index is -0.356. The molecule has 0 saturated carbocycles. The Balaban J connectivity index is 3.57. The Labute approximate surface area is 102 Å². The number of rotatable bonds is 3. The number of aliphatic hydroxyl groups is 1. The first kappa shape index (κ1) is 13.3. The van der Waals surface area contributed by atoms with Crippen molar-refractivity contribution in [2.24, 2.45) is 0 Å². The number of halogens is 1. The summed E-state index contributed by atoms with van der Waals surface area (Å²) in [6.07, 6.45) is 0. The SMILES string of the molecule is COc1c(C)cc(Cl)c(C)c1C(C)(C)CO. The van der Waals surface area contributed by atoms with Gasteiger partial charge in [-0.05, 0) is 31.0 Å². The first-order valence-electron chi connectivity index (χ1n) is 5.30. The van der Waals surface area contributed by atoms with E-state index in [0.29, 0.717) is 0 Å². The number of aliphatic hydroxyl groups excluding tert-OH is 1. The maximum Gasteiger partial charge on any atom is 0.125 e. The zero-order valence-electron chi connectivity index (χ0n) is 10.5. The smallest absolute Gasteiger partial charge is 0.125 e. The average Bonchev–Trinajstić information content (AvgIpc) is 2.22. The van der Waals surface area contributed by atoms with E-state index in [1.165, 1.54) is 0 Å². The van der Waals surface area contributed by atoms with Crippen molar-refractivity contribution in [1.29, 1.82) is 0 Å². The lowest BCUT2D eigenvalue weighted by atomic mass is 9.81. The monoisotopic (exact) mass is 242 g/mol. The van der Waals surface area contributed by atoms with Crippen molar-refractivity contribution < 1.29 is 9.84 Å². The van der Waals surface area contributed by atoms with Gasteiger partial charge >= 0.3 is 0 Å². The molecule has 0 aliphatic heterocycles. The van der Waals surface area contributed by atoms with Crippen LogP contribution in [0.1, 0.15) is 30.5 Å². The molecule has 0 radical (unpaired) electrons. The number of hydrogen-bond donors (Lipinski definition) is 1. The second-order valence-corrected chi connectivity index (χ2v) is 5.16. The number of hydrogen-bond acceptors (Lipinski definition) is 2. The molecule has 1 N–H and O–H groups in total. The van der Waals surface area contributed by atoms with Gasteiger partial charge in [-0.25, -0.2) is 0 Å². The van der Waals surface area contributed by atoms with Crippen molar-refractivity contribution >= 4 is 11.6 Å². The Morgan fingerprint density at radius 3 is 2.38 bits per heavy atom. The van der Waals surface area contributed by atoms with E-state index in [-0.39, 0.29) is 12.0 Å². The summed E-state index contributed by atoms with van der Waals surface area (Å²) in [5, 5.41) is 10.2. The third-order valence-electron chi connectivity index (χ3n) is 2.94. The highest BCUT2D eigenvalue weighted by Crippen LogP contribution is 2.39. The van der Waals surface area contributed by atoms with E-state index >= 15 is 0 Å². The van der Waals surface area contributed by atoms with Gasteiger partial charge in [0.15, 0.2) is 0 Å². The van der Waals surface area contributed by atoms with Crippen LogP contribution in [0.4, 0.5) is 0 Å². The maximum atomic E-state index is 9.48. The van der Waals surface area contributed by atoms with Crippen LogP contribution in [0.5, 0.6) is 5.75 Å². The topological polar surface area (TPSA) is 29.5 Å². The predicted octanol–water partition coefficient (Wildman–Crippen LogP) is 3.24. The lowest BCUT2D eigenvalue weighted by Gasteiger charge is -2.28. The van der Waals surface area contributed by atoms with Crippen LogP contribution in [-0.2, 0) is 5.41 Å². The number of methoxy groups -OCH3 is 1. The molecule has 0 aliphatic rings. The second kappa shape index (κ2) is 4.64. The molecule has 0 spiro atoms. The van der Waals surface area contributed by atoms with Crippen LogP contribution in [0.3, 0.4) is 0 Å². The summed E-state index contributed by atoms with van der Waals surface area (Å²) in [5.74, 6) is 0.820. The third-order valence-corrected chi connectivity index (χ3v) is 3.33. The predicted molar refractivity (Wildman–Crippen MR) is 67.6 cm³/mol. The van der Waals surface area contributed by atoms with Gasteiger partial charge in [-0.3, -0.25) is 0 Å². The molecular weight excluding hydrogens is 224 g/mol. The Bertz CT molecular complexity index is 397. The van der Waals surface area contributed by atoms with Crippen molar-refractivity contribution in [3.8, 4) is 5.75 Å². The van der Waals surface area contributed by atoms with Gasteiger partial charge in [0.25, 0.3) is 0 Å². The molecule has 3 heteroatoms. The molecule has 0 atom stereocenters. The van der Waals surface area contributed by atoms with Crippen LogP contribution < -0.4 is 4.74 Å². The van der Waals surface area contributed by atoms with Gasteiger partial charge in [0.2, 0.25) is 0 Å². The highest BCUT2D eigenvalue weighted by molar-refractivity contribution is 6.31. The Hall–Kier alpha value is -0.730. The van der Waals surface area contributed by atoms with Gasteiger partial charge in [0.05, 0.1) is 13.7 Å². The third kappa shape index (κ3) is 2.18. The van der Waals surface area contributed by atoms with Crippen molar-refractivity contribution in [1.82, 2.24) is 0 Å². The molecule has 2 nitrogen and oxygen atoms in total. The minimum Gasteiger partial charge on any atom is -0.496 e. The van der Waals surface area contributed by atoms with Crippen LogP contribution in [0.15, 0.2) is 6.07 Å². The van der Waals surface area contributed by atoms with Crippen LogP contribution in [0.25, 0.3) is 0 Å². The Kier molecular flexibility index (Phi) is 3.87. The average molecular weight is 243 g/mol. The molecule has 0 aliphatic carbocycles. The fourth-order valence-corrected chi connectivity index (χ4v) is 2.27. The van der Waals surface area contributed by atoms with Crippen LogP contribution in [0.2, 0.25) is 5.02 Å². The summed E-state index contributed by atoms with van der Waals surface area (Å²) < 4.78 is 5.43. The van der Waals surface area contributed by atoms with E-state index in [1.807, 2.05) is 33.8 Å². The van der Waals surface area contributed by atoms with Crippen LogP contribution in [0, 0.1) is 13.8 Å². The van der Waals surface area contributed by atoms with Crippen molar-refractivity contribution in [2.45, 2.75) is 33.1 Å². The lowest BCUT2D eigenvalue weighted by Crippen LogP contribution is -2.24. The van der Waals surface area contributed by atoms with Gasteiger partial charge in [0, 0.05) is 16.0 Å². The molecule has 90 valence electrons.